The molecule has 1 unspecified atom stereocenters. The van der Waals surface area contributed by atoms with Crippen LogP contribution in [0.15, 0.2) is 5.10 Å². The molecule has 0 saturated heterocycles. The zero-order valence-electron chi connectivity index (χ0n) is 9.94. The molecule has 4 nitrogen and oxygen atoms in total. The number of halogens is 5. The van der Waals surface area contributed by atoms with E-state index >= 15 is 0 Å². The number of hydrogen-bond donors (Lipinski definition) is 1. The number of carbonyl (C=O) groups excluding carboxylic acids is 1. The van der Waals surface area contributed by atoms with Gasteiger partial charge in [-0.3, -0.25) is 0 Å². The molecule has 20 heavy (non-hydrogen) atoms. The van der Waals surface area contributed by atoms with Crippen molar-refractivity contribution in [2.45, 2.75) is 12.5 Å². The Morgan fingerprint density at radius 2 is 1.60 bits per heavy atom. The van der Waals surface area contributed by atoms with Gasteiger partial charge in [-0.15, -0.1) is 0 Å². The quantitative estimate of drug-likeness (QED) is 0.392. The first-order chi connectivity index (χ1) is 9.38. The highest BCUT2D eigenvalue weighted by molar-refractivity contribution is 6.36. The fourth-order valence-corrected chi connectivity index (χ4v) is 1.78. The Bertz CT molecular complexity index is 588. The molecule has 0 fully saturated rings. The van der Waals surface area contributed by atoms with Gasteiger partial charge < -0.3 is 10.2 Å². The van der Waals surface area contributed by atoms with Gasteiger partial charge in [-0.2, -0.15) is 5.10 Å². The summed E-state index contributed by atoms with van der Waals surface area (Å²) in [6, 6.07) is -1.34. The molecule has 1 aliphatic rings. The Labute approximate surface area is 109 Å². The van der Waals surface area contributed by atoms with Crippen molar-refractivity contribution >= 4 is 11.7 Å². The average molecular weight is 294 g/mol. The first-order valence-electron chi connectivity index (χ1n) is 5.30. The van der Waals surface area contributed by atoms with Crippen LogP contribution in [0.4, 0.5) is 22.0 Å². The number of nitrogens with one attached hydrogen (secondary N) is 1. The minimum Gasteiger partial charge on any atom is -0.464 e. The summed E-state index contributed by atoms with van der Waals surface area (Å²) < 4.78 is 70.4. The molecule has 9 heteroatoms. The standard InChI is InChI=1S/C11H7F5N2O2/c1-20-11(19)4-2-3(17-18-4)5-6(12)8(14)10(16)9(15)7(5)13/h3,17H,2H2,1H3. The smallest absolute Gasteiger partial charge is 0.354 e. The van der Waals surface area contributed by atoms with Gasteiger partial charge in [0, 0.05) is 6.42 Å². The number of ether oxygens (including phenoxy) is 1. The molecule has 0 aliphatic carbocycles. The van der Waals surface area contributed by atoms with E-state index in [9.17, 15) is 26.7 Å². The van der Waals surface area contributed by atoms with Crippen LogP contribution in [0.3, 0.4) is 0 Å². The third kappa shape index (κ3) is 2.08. The Morgan fingerprint density at radius 1 is 1.10 bits per heavy atom. The summed E-state index contributed by atoms with van der Waals surface area (Å²) in [6.07, 6.45) is -0.356. The highest BCUT2D eigenvalue weighted by Crippen LogP contribution is 2.31. The maximum atomic E-state index is 13.5. The molecule has 2 rings (SSSR count). The zero-order chi connectivity index (χ0) is 15.0. The molecule has 108 valence electrons. The van der Waals surface area contributed by atoms with Crippen LogP contribution in [-0.4, -0.2) is 18.8 Å². The van der Waals surface area contributed by atoms with Crippen molar-refractivity contribution in [1.82, 2.24) is 5.43 Å². The van der Waals surface area contributed by atoms with Crippen LogP contribution in [0, 0.1) is 29.1 Å². The molecule has 0 amide bonds. The normalized spacial score (nSPS) is 17.7. The van der Waals surface area contributed by atoms with Crippen LogP contribution in [0.5, 0.6) is 0 Å². The Morgan fingerprint density at radius 3 is 2.10 bits per heavy atom. The van der Waals surface area contributed by atoms with E-state index in [2.05, 4.69) is 15.3 Å². The minimum absolute atomic E-state index is 0.207. The summed E-state index contributed by atoms with van der Waals surface area (Å²) in [7, 11) is 1.07. The highest BCUT2D eigenvalue weighted by Gasteiger charge is 2.34. The predicted octanol–water partition coefficient (Wildman–Crippen LogP) is 1.95. The van der Waals surface area contributed by atoms with Crippen LogP contribution < -0.4 is 5.43 Å². The number of nitrogens with zero attached hydrogens (tertiary/aromatic N) is 1. The fraction of sp³-hybridized carbons (Fsp3) is 0.273. The third-order valence-corrected chi connectivity index (χ3v) is 2.77. The van der Waals surface area contributed by atoms with Gasteiger partial charge in [-0.1, -0.05) is 0 Å². The number of hydrazone groups is 1. The first-order valence-corrected chi connectivity index (χ1v) is 5.30. The van der Waals surface area contributed by atoms with Crippen molar-refractivity contribution in [2.75, 3.05) is 7.11 Å². The summed E-state index contributed by atoms with van der Waals surface area (Å²) in [5.74, 6) is -11.1. The molecule has 1 aromatic rings. The molecule has 1 aromatic carbocycles. The summed E-state index contributed by atoms with van der Waals surface area (Å²) in [4.78, 5) is 11.2. The van der Waals surface area contributed by atoms with E-state index in [-0.39, 0.29) is 12.1 Å². The predicted molar refractivity (Wildman–Crippen MR) is 56.2 cm³/mol. The van der Waals surface area contributed by atoms with Crippen LogP contribution in [0.1, 0.15) is 18.0 Å². The lowest BCUT2D eigenvalue weighted by atomic mass is 10.0. The van der Waals surface area contributed by atoms with Gasteiger partial charge in [0.15, 0.2) is 23.3 Å². The van der Waals surface area contributed by atoms with Gasteiger partial charge in [0.25, 0.3) is 0 Å². The number of carbonyl (C=O) groups is 1. The SMILES string of the molecule is COC(=O)C1=NNC(c2c(F)c(F)c(F)c(F)c2F)C1. The monoisotopic (exact) mass is 294 g/mol. The molecule has 1 aliphatic heterocycles. The first kappa shape index (κ1) is 14.2. The highest BCUT2D eigenvalue weighted by atomic mass is 19.2. The Hall–Kier alpha value is -2.19. The topological polar surface area (TPSA) is 50.7 Å². The van der Waals surface area contributed by atoms with Gasteiger partial charge in [-0.05, 0) is 0 Å². The van der Waals surface area contributed by atoms with E-state index in [1.165, 1.54) is 0 Å². The van der Waals surface area contributed by atoms with Crippen molar-refractivity contribution in [1.29, 1.82) is 0 Å². The fourth-order valence-electron chi connectivity index (χ4n) is 1.78. The number of rotatable bonds is 2. The van der Waals surface area contributed by atoms with Gasteiger partial charge in [0.05, 0.1) is 18.7 Å². The second-order valence-corrected chi connectivity index (χ2v) is 3.92. The van der Waals surface area contributed by atoms with Crippen molar-refractivity contribution < 1.29 is 31.5 Å². The van der Waals surface area contributed by atoms with Crippen molar-refractivity contribution in [3.63, 3.8) is 0 Å². The summed E-state index contributed by atoms with van der Waals surface area (Å²) >= 11 is 0. The van der Waals surface area contributed by atoms with E-state index in [0.29, 0.717) is 0 Å². The summed E-state index contributed by atoms with van der Waals surface area (Å²) in [5, 5.41) is 3.45. The number of benzene rings is 1. The van der Waals surface area contributed by atoms with Crippen LogP contribution in [-0.2, 0) is 9.53 Å². The summed E-state index contributed by atoms with van der Waals surface area (Å²) in [5.41, 5.74) is 0.872. The number of hydrogen-bond acceptors (Lipinski definition) is 4. The molecular weight excluding hydrogens is 287 g/mol. The van der Waals surface area contributed by atoms with E-state index in [1.807, 2.05) is 0 Å². The maximum absolute atomic E-state index is 13.5. The Kier molecular flexibility index (Phi) is 3.60. The van der Waals surface area contributed by atoms with Crippen molar-refractivity contribution in [3.8, 4) is 0 Å². The lowest BCUT2D eigenvalue weighted by Crippen LogP contribution is -2.19. The number of methoxy groups -OCH3 is 1. The molecule has 0 radical (unpaired) electrons. The van der Waals surface area contributed by atoms with Crippen molar-refractivity contribution in [3.05, 3.63) is 34.6 Å². The summed E-state index contributed by atoms with van der Waals surface area (Å²) in [6.45, 7) is 0. The third-order valence-electron chi connectivity index (χ3n) is 2.77. The zero-order valence-corrected chi connectivity index (χ0v) is 9.94. The average Bonchev–Trinajstić information content (AvgIpc) is 2.92. The molecule has 0 aromatic heterocycles. The van der Waals surface area contributed by atoms with Gasteiger partial charge >= 0.3 is 5.97 Å². The second kappa shape index (κ2) is 5.06. The lowest BCUT2D eigenvalue weighted by molar-refractivity contribution is -0.132. The molecule has 1 heterocycles. The molecule has 1 N–H and O–H groups in total. The number of esters is 1. The molecule has 1 atom stereocenters. The maximum Gasteiger partial charge on any atom is 0.354 e. The van der Waals surface area contributed by atoms with E-state index in [4.69, 9.17) is 0 Å². The molecular formula is C11H7F5N2O2. The van der Waals surface area contributed by atoms with Crippen LogP contribution in [0.2, 0.25) is 0 Å². The van der Waals surface area contributed by atoms with Gasteiger partial charge in [0.2, 0.25) is 5.82 Å². The lowest BCUT2D eigenvalue weighted by Gasteiger charge is -2.13. The van der Waals surface area contributed by atoms with Crippen LogP contribution >= 0.6 is 0 Å². The van der Waals surface area contributed by atoms with Crippen LogP contribution in [0.25, 0.3) is 0 Å². The Balaban J connectivity index is 2.40. The molecule has 0 saturated carbocycles. The minimum atomic E-state index is -2.24. The van der Waals surface area contributed by atoms with Crippen molar-refractivity contribution in [2.24, 2.45) is 5.10 Å². The second-order valence-electron chi connectivity index (χ2n) is 3.92. The van der Waals surface area contributed by atoms with E-state index in [0.717, 1.165) is 7.11 Å². The van der Waals surface area contributed by atoms with E-state index in [1.54, 1.807) is 0 Å². The largest absolute Gasteiger partial charge is 0.464 e. The molecule has 0 spiro atoms. The molecule has 0 bridgehead atoms. The van der Waals surface area contributed by atoms with E-state index < -0.39 is 46.7 Å². The van der Waals surface area contributed by atoms with Gasteiger partial charge in [0.1, 0.15) is 5.71 Å². The van der Waals surface area contributed by atoms with Gasteiger partial charge in [-0.25, -0.2) is 26.7 Å².